The number of aryl methyl sites for hydroxylation is 1. The number of rotatable bonds is 4. The molecule has 0 bridgehead atoms. The van der Waals surface area contributed by atoms with Gasteiger partial charge in [-0.1, -0.05) is 11.6 Å². The maximum absolute atomic E-state index is 6.02. The summed E-state index contributed by atoms with van der Waals surface area (Å²) in [6.45, 7) is 2.86. The molecule has 0 spiro atoms. The Morgan fingerprint density at radius 3 is 2.88 bits per heavy atom. The van der Waals surface area contributed by atoms with Crippen molar-refractivity contribution in [3.8, 4) is 11.3 Å². The van der Waals surface area contributed by atoms with Crippen LogP contribution in [0.25, 0.3) is 11.3 Å². The van der Waals surface area contributed by atoms with Gasteiger partial charge in [0.1, 0.15) is 0 Å². The largest absolute Gasteiger partial charge is 0.441 e. The van der Waals surface area contributed by atoms with E-state index in [1.165, 1.54) is 0 Å². The Labute approximate surface area is 106 Å². The average Bonchev–Trinajstić information content (AvgIpc) is 2.73. The Morgan fingerprint density at radius 2 is 2.18 bits per heavy atom. The van der Waals surface area contributed by atoms with Crippen LogP contribution in [0.15, 0.2) is 28.8 Å². The normalized spacial score (nSPS) is 10.8. The van der Waals surface area contributed by atoms with Crippen LogP contribution in [0.2, 0.25) is 5.02 Å². The molecule has 0 saturated carbocycles. The monoisotopic (exact) mass is 250 g/mol. The number of oxazole rings is 1. The Kier molecular flexibility index (Phi) is 3.82. The van der Waals surface area contributed by atoms with E-state index in [1.54, 1.807) is 6.20 Å². The maximum atomic E-state index is 6.02. The summed E-state index contributed by atoms with van der Waals surface area (Å²) in [4.78, 5) is 4.24. The molecule has 1 N–H and O–H groups in total. The van der Waals surface area contributed by atoms with Gasteiger partial charge in [0.2, 0.25) is 0 Å². The molecule has 4 heteroatoms. The molecule has 1 heterocycles. The van der Waals surface area contributed by atoms with Crippen LogP contribution < -0.4 is 5.32 Å². The van der Waals surface area contributed by atoms with E-state index >= 15 is 0 Å². The molecular formula is C13H15ClN2O. The highest BCUT2D eigenvalue weighted by molar-refractivity contribution is 6.30. The van der Waals surface area contributed by atoms with Crippen molar-refractivity contribution in [3.05, 3.63) is 40.9 Å². The van der Waals surface area contributed by atoms with Crippen molar-refractivity contribution in [2.24, 2.45) is 0 Å². The van der Waals surface area contributed by atoms with E-state index < -0.39 is 0 Å². The number of hydrogen-bond acceptors (Lipinski definition) is 3. The van der Waals surface area contributed by atoms with Gasteiger partial charge in [-0.2, -0.15) is 0 Å². The van der Waals surface area contributed by atoms with Crippen molar-refractivity contribution >= 4 is 11.6 Å². The van der Waals surface area contributed by atoms with Gasteiger partial charge < -0.3 is 9.73 Å². The minimum absolute atomic E-state index is 0.716. The van der Waals surface area contributed by atoms with Gasteiger partial charge in [-0.3, -0.25) is 0 Å². The summed E-state index contributed by atoms with van der Waals surface area (Å²) in [5.41, 5.74) is 2.08. The zero-order valence-corrected chi connectivity index (χ0v) is 10.7. The van der Waals surface area contributed by atoms with Gasteiger partial charge in [-0.15, -0.1) is 0 Å². The molecule has 0 aliphatic carbocycles. The second-order valence-electron chi connectivity index (χ2n) is 3.99. The molecule has 3 nitrogen and oxygen atoms in total. The first-order valence-electron chi connectivity index (χ1n) is 5.56. The van der Waals surface area contributed by atoms with Crippen molar-refractivity contribution in [2.45, 2.75) is 13.3 Å². The molecule has 17 heavy (non-hydrogen) atoms. The standard InChI is InChI=1S/C13H15ClN2O/c1-9-5-10(7-11(14)6-9)12-8-16-13(17-12)3-4-15-2/h5-8,15H,3-4H2,1-2H3. The molecule has 2 rings (SSSR count). The van der Waals surface area contributed by atoms with Gasteiger partial charge in [-0.05, 0) is 37.7 Å². The second kappa shape index (κ2) is 5.34. The van der Waals surface area contributed by atoms with Crippen molar-refractivity contribution in [2.75, 3.05) is 13.6 Å². The number of likely N-dealkylation sites (N-methyl/N-ethyl adjacent to an activating group) is 1. The number of benzene rings is 1. The Hall–Kier alpha value is -1.32. The third-order valence-corrected chi connectivity index (χ3v) is 2.69. The molecule has 1 aromatic carbocycles. The molecule has 2 aromatic rings. The molecule has 0 fully saturated rings. The molecule has 1 aromatic heterocycles. The predicted octanol–water partition coefficient (Wildman–Crippen LogP) is 3.07. The summed E-state index contributed by atoms with van der Waals surface area (Å²) >= 11 is 6.02. The van der Waals surface area contributed by atoms with Crippen LogP contribution in [0.4, 0.5) is 0 Å². The summed E-state index contributed by atoms with van der Waals surface area (Å²) in [5.74, 6) is 1.51. The fraction of sp³-hybridized carbons (Fsp3) is 0.308. The third kappa shape index (κ3) is 3.08. The van der Waals surface area contributed by atoms with Crippen molar-refractivity contribution in [3.63, 3.8) is 0 Å². The molecule has 0 amide bonds. The van der Waals surface area contributed by atoms with Crippen LogP contribution in [0.1, 0.15) is 11.5 Å². The van der Waals surface area contributed by atoms with Gasteiger partial charge in [0, 0.05) is 23.6 Å². The van der Waals surface area contributed by atoms with Crippen molar-refractivity contribution < 1.29 is 4.42 Å². The van der Waals surface area contributed by atoms with Gasteiger partial charge in [0.25, 0.3) is 0 Å². The molecule has 0 aliphatic heterocycles. The predicted molar refractivity (Wildman–Crippen MR) is 69.3 cm³/mol. The zero-order chi connectivity index (χ0) is 12.3. The Bertz CT molecular complexity index is 488. The molecule has 0 saturated heterocycles. The van der Waals surface area contributed by atoms with E-state index in [0.29, 0.717) is 5.02 Å². The molecule has 0 unspecified atom stereocenters. The third-order valence-electron chi connectivity index (χ3n) is 2.47. The zero-order valence-electron chi connectivity index (χ0n) is 9.96. The molecule has 0 atom stereocenters. The van der Waals surface area contributed by atoms with Crippen molar-refractivity contribution in [1.82, 2.24) is 10.3 Å². The van der Waals surface area contributed by atoms with Crippen molar-refractivity contribution in [1.29, 1.82) is 0 Å². The van der Waals surface area contributed by atoms with Gasteiger partial charge >= 0.3 is 0 Å². The number of hydrogen-bond donors (Lipinski definition) is 1. The first-order chi connectivity index (χ1) is 8.19. The average molecular weight is 251 g/mol. The highest BCUT2D eigenvalue weighted by atomic mass is 35.5. The van der Waals surface area contributed by atoms with Gasteiger partial charge in [0.05, 0.1) is 6.20 Å². The topological polar surface area (TPSA) is 38.1 Å². The first-order valence-corrected chi connectivity index (χ1v) is 5.93. The maximum Gasteiger partial charge on any atom is 0.196 e. The molecule has 0 radical (unpaired) electrons. The summed E-state index contributed by atoms with van der Waals surface area (Å²) in [6.07, 6.45) is 2.53. The highest BCUT2D eigenvalue weighted by Crippen LogP contribution is 2.25. The van der Waals surface area contributed by atoms with E-state index in [9.17, 15) is 0 Å². The number of aromatic nitrogens is 1. The number of halogens is 1. The Morgan fingerprint density at radius 1 is 1.35 bits per heavy atom. The first kappa shape index (κ1) is 12.1. The molecule has 90 valence electrons. The minimum atomic E-state index is 0.716. The highest BCUT2D eigenvalue weighted by Gasteiger charge is 2.07. The van der Waals surface area contributed by atoms with E-state index in [2.05, 4.69) is 10.3 Å². The van der Waals surface area contributed by atoms with E-state index in [4.69, 9.17) is 16.0 Å². The fourth-order valence-corrected chi connectivity index (χ4v) is 1.96. The van der Waals surface area contributed by atoms with Crippen LogP contribution in [-0.2, 0) is 6.42 Å². The summed E-state index contributed by atoms with van der Waals surface area (Å²) < 4.78 is 5.67. The lowest BCUT2D eigenvalue weighted by molar-refractivity contribution is 0.500. The lowest BCUT2D eigenvalue weighted by Gasteiger charge is -2.00. The SMILES string of the molecule is CNCCc1ncc(-c2cc(C)cc(Cl)c2)o1. The van der Waals surface area contributed by atoms with Gasteiger partial charge in [-0.25, -0.2) is 4.98 Å². The Balaban J connectivity index is 2.24. The number of nitrogens with zero attached hydrogens (tertiary/aromatic N) is 1. The number of nitrogens with one attached hydrogen (secondary N) is 1. The van der Waals surface area contributed by atoms with Crippen LogP contribution in [-0.4, -0.2) is 18.6 Å². The van der Waals surface area contributed by atoms with Crippen LogP contribution >= 0.6 is 11.6 Å². The molecule has 0 aliphatic rings. The summed E-state index contributed by atoms with van der Waals surface area (Å²) in [7, 11) is 1.91. The second-order valence-corrected chi connectivity index (χ2v) is 4.43. The summed E-state index contributed by atoms with van der Waals surface area (Å²) in [6, 6.07) is 5.84. The van der Waals surface area contributed by atoms with Crippen LogP contribution in [0.3, 0.4) is 0 Å². The quantitative estimate of drug-likeness (QED) is 0.906. The van der Waals surface area contributed by atoms with Gasteiger partial charge in [0.15, 0.2) is 11.7 Å². The molecular weight excluding hydrogens is 236 g/mol. The lowest BCUT2D eigenvalue weighted by Crippen LogP contribution is -2.10. The minimum Gasteiger partial charge on any atom is -0.441 e. The van der Waals surface area contributed by atoms with E-state index in [0.717, 1.165) is 35.7 Å². The van der Waals surface area contributed by atoms with Crippen LogP contribution in [0, 0.1) is 6.92 Å². The van der Waals surface area contributed by atoms with Crippen LogP contribution in [0.5, 0.6) is 0 Å². The summed E-state index contributed by atoms with van der Waals surface area (Å²) in [5, 5.41) is 3.78. The lowest BCUT2D eigenvalue weighted by atomic mass is 10.1. The smallest absolute Gasteiger partial charge is 0.196 e. The van der Waals surface area contributed by atoms with E-state index in [-0.39, 0.29) is 0 Å². The van der Waals surface area contributed by atoms with E-state index in [1.807, 2.05) is 32.2 Å². The fourth-order valence-electron chi connectivity index (χ4n) is 1.67.